The third kappa shape index (κ3) is 5.77. The molecule has 0 atom stereocenters. The SMILES string of the molecule is CCOc1c(Br)cc(/C=C/C(=O)Nc2nnc(C(CC)CC)s2)cc1OC. The van der Waals surface area contributed by atoms with Crippen LogP contribution >= 0.6 is 27.3 Å². The average molecular weight is 454 g/mol. The van der Waals surface area contributed by atoms with Crippen LogP contribution in [0.4, 0.5) is 5.13 Å². The monoisotopic (exact) mass is 453 g/mol. The first kappa shape index (κ1) is 21.4. The molecule has 0 fully saturated rings. The minimum absolute atomic E-state index is 0.258. The Labute approximate surface area is 172 Å². The maximum Gasteiger partial charge on any atom is 0.250 e. The van der Waals surface area contributed by atoms with Crippen molar-refractivity contribution in [3.63, 3.8) is 0 Å². The van der Waals surface area contributed by atoms with Gasteiger partial charge < -0.3 is 9.47 Å². The lowest BCUT2D eigenvalue weighted by Gasteiger charge is -2.12. The molecule has 8 heteroatoms. The first-order valence-corrected chi connectivity index (χ1v) is 10.5. The van der Waals surface area contributed by atoms with E-state index >= 15 is 0 Å². The van der Waals surface area contributed by atoms with Crippen LogP contribution in [-0.4, -0.2) is 29.8 Å². The number of benzene rings is 1. The highest BCUT2D eigenvalue weighted by atomic mass is 79.9. The molecule has 1 aromatic carbocycles. The van der Waals surface area contributed by atoms with Crippen molar-refractivity contribution in [1.82, 2.24) is 10.2 Å². The summed E-state index contributed by atoms with van der Waals surface area (Å²) in [5.74, 6) is 1.37. The highest BCUT2D eigenvalue weighted by Gasteiger charge is 2.14. The summed E-state index contributed by atoms with van der Waals surface area (Å²) in [6, 6.07) is 3.68. The van der Waals surface area contributed by atoms with Crippen LogP contribution in [0.3, 0.4) is 0 Å². The Morgan fingerprint density at radius 2 is 2.04 bits per heavy atom. The van der Waals surface area contributed by atoms with Crippen LogP contribution in [0.5, 0.6) is 11.5 Å². The summed E-state index contributed by atoms with van der Waals surface area (Å²) in [7, 11) is 1.58. The molecule has 0 aliphatic rings. The fourth-order valence-corrected chi connectivity index (χ4v) is 4.11. The van der Waals surface area contributed by atoms with Gasteiger partial charge in [-0.25, -0.2) is 0 Å². The molecule has 0 saturated heterocycles. The molecular formula is C19H24BrN3O3S. The van der Waals surface area contributed by atoms with Gasteiger partial charge in [-0.05, 0) is 59.5 Å². The maximum absolute atomic E-state index is 12.2. The van der Waals surface area contributed by atoms with Gasteiger partial charge in [0.1, 0.15) is 5.01 Å². The molecule has 6 nitrogen and oxygen atoms in total. The third-order valence-corrected chi connectivity index (χ3v) is 5.56. The lowest BCUT2D eigenvalue weighted by molar-refractivity contribution is -0.111. The number of rotatable bonds is 9. The first-order chi connectivity index (χ1) is 13.0. The Morgan fingerprint density at radius 1 is 1.30 bits per heavy atom. The number of carbonyl (C=O) groups excluding carboxylic acids is 1. The number of halogens is 1. The van der Waals surface area contributed by atoms with Gasteiger partial charge in [0.25, 0.3) is 0 Å². The lowest BCUT2D eigenvalue weighted by atomic mass is 10.1. The second-order valence-electron chi connectivity index (χ2n) is 5.75. The smallest absolute Gasteiger partial charge is 0.250 e. The lowest BCUT2D eigenvalue weighted by Crippen LogP contribution is -2.07. The van der Waals surface area contributed by atoms with Gasteiger partial charge in [-0.1, -0.05) is 25.2 Å². The van der Waals surface area contributed by atoms with Crippen molar-refractivity contribution in [3.05, 3.63) is 33.3 Å². The predicted molar refractivity (Wildman–Crippen MR) is 113 cm³/mol. The molecule has 0 bridgehead atoms. The molecule has 2 aromatic rings. The molecule has 0 spiro atoms. The van der Waals surface area contributed by atoms with E-state index in [0.29, 0.717) is 29.2 Å². The molecule has 2 rings (SSSR count). The Balaban J connectivity index is 2.07. The second-order valence-corrected chi connectivity index (χ2v) is 7.61. The van der Waals surface area contributed by atoms with Crippen LogP contribution in [-0.2, 0) is 4.79 Å². The number of nitrogens with zero attached hydrogens (tertiary/aromatic N) is 2. The van der Waals surface area contributed by atoms with Crippen molar-refractivity contribution >= 4 is 44.4 Å². The minimum atomic E-state index is -0.258. The van der Waals surface area contributed by atoms with Crippen molar-refractivity contribution < 1.29 is 14.3 Å². The van der Waals surface area contributed by atoms with Crippen molar-refractivity contribution in [2.24, 2.45) is 0 Å². The number of hydrogen-bond acceptors (Lipinski definition) is 6. The molecule has 146 valence electrons. The number of aromatic nitrogens is 2. The summed E-state index contributed by atoms with van der Waals surface area (Å²) in [5.41, 5.74) is 0.812. The summed E-state index contributed by atoms with van der Waals surface area (Å²) in [6.07, 6.45) is 5.18. The first-order valence-electron chi connectivity index (χ1n) is 8.85. The topological polar surface area (TPSA) is 73.3 Å². The van der Waals surface area contributed by atoms with Gasteiger partial charge in [-0.2, -0.15) is 0 Å². The van der Waals surface area contributed by atoms with E-state index in [0.717, 1.165) is 27.9 Å². The highest BCUT2D eigenvalue weighted by Crippen LogP contribution is 2.37. The van der Waals surface area contributed by atoms with E-state index in [9.17, 15) is 4.79 Å². The van der Waals surface area contributed by atoms with Crippen molar-refractivity contribution in [1.29, 1.82) is 0 Å². The number of anilines is 1. The van der Waals surface area contributed by atoms with Gasteiger partial charge in [0.15, 0.2) is 11.5 Å². The third-order valence-electron chi connectivity index (χ3n) is 3.97. The normalized spacial score (nSPS) is 11.2. The summed E-state index contributed by atoms with van der Waals surface area (Å²) in [4.78, 5) is 12.2. The molecule has 1 heterocycles. The number of methoxy groups -OCH3 is 1. The van der Waals surface area contributed by atoms with Crippen LogP contribution in [0.2, 0.25) is 0 Å². The van der Waals surface area contributed by atoms with E-state index in [1.807, 2.05) is 19.1 Å². The Bertz CT molecular complexity index is 803. The van der Waals surface area contributed by atoms with Crippen molar-refractivity contribution in [2.45, 2.75) is 39.5 Å². The van der Waals surface area contributed by atoms with Crippen LogP contribution in [0, 0.1) is 0 Å². The summed E-state index contributed by atoms with van der Waals surface area (Å²) >= 11 is 4.90. The summed E-state index contributed by atoms with van der Waals surface area (Å²) in [6.45, 7) is 6.69. The van der Waals surface area contributed by atoms with E-state index < -0.39 is 0 Å². The van der Waals surface area contributed by atoms with Gasteiger partial charge in [0, 0.05) is 12.0 Å². The zero-order chi connectivity index (χ0) is 19.8. The summed E-state index contributed by atoms with van der Waals surface area (Å²) in [5, 5.41) is 12.5. The summed E-state index contributed by atoms with van der Waals surface area (Å²) < 4.78 is 11.7. The second kappa shape index (κ2) is 10.4. The molecule has 1 amide bonds. The maximum atomic E-state index is 12.2. The zero-order valence-electron chi connectivity index (χ0n) is 15.9. The molecular weight excluding hydrogens is 430 g/mol. The molecule has 0 aliphatic carbocycles. The molecule has 0 saturated carbocycles. The van der Waals surface area contributed by atoms with Crippen molar-refractivity contribution in [3.8, 4) is 11.5 Å². The van der Waals surface area contributed by atoms with Gasteiger partial charge >= 0.3 is 0 Å². The van der Waals surface area contributed by atoms with Crippen molar-refractivity contribution in [2.75, 3.05) is 19.0 Å². The quantitative estimate of drug-likeness (QED) is 0.523. The predicted octanol–water partition coefficient (Wildman–Crippen LogP) is 5.26. The van der Waals surface area contributed by atoms with E-state index in [1.54, 1.807) is 13.2 Å². The van der Waals surface area contributed by atoms with Gasteiger partial charge in [0.05, 0.1) is 18.2 Å². The van der Waals surface area contributed by atoms with Gasteiger partial charge in [-0.15, -0.1) is 10.2 Å². The van der Waals surface area contributed by atoms with Crippen LogP contribution in [0.1, 0.15) is 50.1 Å². The van der Waals surface area contributed by atoms with E-state index in [4.69, 9.17) is 9.47 Å². The fraction of sp³-hybridized carbons (Fsp3) is 0.421. The molecule has 0 unspecified atom stereocenters. The van der Waals surface area contributed by atoms with E-state index in [1.165, 1.54) is 17.4 Å². The molecule has 0 radical (unpaired) electrons. The van der Waals surface area contributed by atoms with E-state index in [-0.39, 0.29) is 5.91 Å². The van der Waals surface area contributed by atoms with Crippen LogP contribution in [0.15, 0.2) is 22.7 Å². The van der Waals surface area contributed by atoms with E-state index in [2.05, 4.69) is 45.3 Å². The Hall–Kier alpha value is -1.93. The standard InChI is InChI=1S/C19H24BrN3O3S/c1-5-13(6-2)18-22-23-19(27-18)21-16(24)9-8-12-10-14(20)17(26-7-3)15(11-12)25-4/h8-11,13H,5-7H2,1-4H3,(H,21,23,24)/b9-8+. The highest BCUT2D eigenvalue weighted by molar-refractivity contribution is 9.10. The number of hydrogen-bond donors (Lipinski definition) is 1. The number of amides is 1. The van der Waals surface area contributed by atoms with Gasteiger partial charge in [-0.3, -0.25) is 10.1 Å². The Morgan fingerprint density at radius 3 is 2.67 bits per heavy atom. The molecule has 0 aliphatic heterocycles. The molecule has 27 heavy (non-hydrogen) atoms. The largest absolute Gasteiger partial charge is 0.493 e. The number of ether oxygens (including phenoxy) is 2. The molecule has 1 aromatic heterocycles. The number of carbonyl (C=O) groups is 1. The van der Waals surface area contributed by atoms with Crippen LogP contribution < -0.4 is 14.8 Å². The minimum Gasteiger partial charge on any atom is -0.493 e. The number of nitrogens with one attached hydrogen (secondary N) is 1. The van der Waals surface area contributed by atoms with Gasteiger partial charge in [0.2, 0.25) is 11.0 Å². The Kier molecular flexibility index (Phi) is 8.24. The molecule has 1 N–H and O–H groups in total. The fourth-order valence-electron chi connectivity index (χ4n) is 2.53. The zero-order valence-corrected chi connectivity index (χ0v) is 18.3. The van der Waals surface area contributed by atoms with Crippen LogP contribution in [0.25, 0.3) is 6.08 Å². The average Bonchev–Trinajstić information content (AvgIpc) is 3.11.